The van der Waals surface area contributed by atoms with Crippen LogP contribution in [0, 0.1) is 13.8 Å². The van der Waals surface area contributed by atoms with Crippen LogP contribution in [0.25, 0.3) is 0 Å². The molecule has 0 atom stereocenters. The van der Waals surface area contributed by atoms with Crippen molar-refractivity contribution >= 4 is 17.3 Å². The molecule has 0 fully saturated rings. The average Bonchev–Trinajstić information content (AvgIpc) is 3.10. The molecule has 2 N–H and O–H groups in total. The Bertz CT molecular complexity index is 943. The number of fused-ring (bicyclic) bond motifs is 1. The summed E-state index contributed by atoms with van der Waals surface area (Å²) in [6.07, 6.45) is 1.55. The lowest BCUT2D eigenvalue weighted by atomic mass is 10.1. The Morgan fingerprint density at radius 1 is 0.923 bits per heavy atom. The van der Waals surface area contributed by atoms with Crippen LogP contribution in [0.1, 0.15) is 16.7 Å². The summed E-state index contributed by atoms with van der Waals surface area (Å²) >= 11 is 0. The Kier molecular flexibility index (Phi) is 4.31. The number of nitrogens with one attached hydrogen (secondary N) is 2. The maximum Gasteiger partial charge on any atom is 0.231 e. The normalized spacial score (nSPS) is 12.1. The van der Waals surface area contributed by atoms with Crippen LogP contribution in [-0.4, -0.2) is 16.8 Å². The number of ether oxygens (including phenoxy) is 2. The Labute approximate surface area is 152 Å². The van der Waals surface area contributed by atoms with Crippen molar-refractivity contribution in [1.29, 1.82) is 0 Å². The summed E-state index contributed by atoms with van der Waals surface area (Å²) in [4.78, 5) is 8.59. The van der Waals surface area contributed by atoms with Gasteiger partial charge in [0.05, 0.1) is 0 Å². The van der Waals surface area contributed by atoms with Crippen molar-refractivity contribution in [1.82, 2.24) is 9.97 Å². The summed E-state index contributed by atoms with van der Waals surface area (Å²) in [5.74, 6) is 3.07. The lowest BCUT2D eigenvalue weighted by molar-refractivity contribution is 0.174. The standard InChI is InChI=1S/C20H20N4O2/c1-13-3-5-16(14(2)7-13)24-20-9-19(22-11-23-20)21-10-15-4-6-17-18(8-15)26-12-25-17/h3-9,11H,10,12H2,1-2H3,(H2,21,22,23,24). The van der Waals surface area contributed by atoms with Gasteiger partial charge >= 0.3 is 0 Å². The van der Waals surface area contributed by atoms with Crippen LogP contribution in [0.3, 0.4) is 0 Å². The van der Waals surface area contributed by atoms with Gasteiger partial charge in [-0.1, -0.05) is 23.8 Å². The summed E-state index contributed by atoms with van der Waals surface area (Å²) < 4.78 is 10.7. The van der Waals surface area contributed by atoms with Crippen molar-refractivity contribution < 1.29 is 9.47 Å². The minimum absolute atomic E-state index is 0.283. The van der Waals surface area contributed by atoms with E-state index < -0.39 is 0 Å². The SMILES string of the molecule is Cc1ccc(Nc2cc(NCc3ccc4c(c3)OCO4)ncn2)c(C)c1. The minimum Gasteiger partial charge on any atom is -0.454 e. The first kappa shape index (κ1) is 16.2. The van der Waals surface area contributed by atoms with Gasteiger partial charge in [-0.2, -0.15) is 0 Å². The highest BCUT2D eigenvalue weighted by Crippen LogP contribution is 2.32. The monoisotopic (exact) mass is 348 g/mol. The second kappa shape index (κ2) is 6.92. The first-order valence-corrected chi connectivity index (χ1v) is 8.46. The summed E-state index contributed by atoms with van der Waals surface area (Å²) in [6.45, 7) is 5.08. The fourth-order valence-electron chi connectivity index (χ4n) is 2.86. The zero-order chi connectivity index (χ0) is 17.9. The summed E-state index contributed by atoms with van der Waals surface area (Å²) in [5, 5.41) is 6.66. The van der Waals surface area contributed by atoms with Gasteiger partial charge in [-0.3, -0.25) is 0 Å². The van der Waals surface area contributed by atoms with Crippen molar-refractivity contribution in [2.75, 3.05) is 17.4 Å². The van der Waals surface area contributed by atoms with Crippen molar-refractivity contribution in [3.05, 3.63) is 65.5 Å². The zero-order valence-corrected chi connectivity index (χ0v) is 14.7. The number of anilines is 3. The molecule has 0 bridgehead atoms. The van der Waals surface area contributed by atoms with E-state index in [9.17, 15) is 0 Å². The molecule has 0 spiro atoms. The third kappa shape index (κ3) is 3.54. The maximum absolute atomic E-state index is 5.41. The molecule has 0 aliphatic carbocycles. The quantitative estimate of drug-likeness (QED) is 0.721. The van der Waals surface area contributed by atoms with Crippen molar-refractivity contribution in [2.24, 2.45) is 0 Å². The fourth-order valence-corrected chi connectivity index (χ4v) is 2.86. The molecule has 0 saturated heterocycles. The number of aromatic nitrogens is 2. The fraction of sp³-hybridized carbons (Fsp3) is 0.200. The van der Waals surface area contributed by atoms with Crippen LogP contribution in [0.2, 0.25) is 0 Å². The smallest absolute Gasteiger partial charge is 0.231 e. The van der Waals surface area contributed by atoms with Crippen LogP contribution in [0.5, 0.6) is 11.5 Å². The molecule has 0 saturated carbocycles. The summed E-state index contributed by atoms with van der Waals surface area (Å²) in [7, 11) is 0. The van der Waals surface area contributed by atoms with E-state index in [1.807, 2.05) is 24.3 Å². The molecule has 3 aromatic rings. The molecule has 2 heterocycles. The molecule has 6 nitrogen and oxygen atoms in total. The minimum atomic E-state index is 0.283. The third-order valence-electron chi connectivity index (χ3n) is 4.22. The van der Waals surface area contributed by atoms with Crippen molar-refractivity contribution in [2.45, 2.75) is 20.4 Å². The summed E-state index contributed by atoms with van der Waals surface area (Å²) in [6, 6.07) is 14.1. The molecule has 1 aliphatic heterocycles. The Hall–Kier alpha value is -3.28. The van der Waals surface area contributed by atoms with Gasteiger partial charge in [0.1, 0.15) is 18.0 Å². The highest BCUT2D eigenvalue weighted by molar-refractivity contribution is 5.62. The molecule has 6 heteroatoms. The van der Waals surface area contributed by atoms with Gasteiger partial charge in [-0.05, 0) is 43.2 Å². The second-order valence-electron chi connectivity index (χ2n) is 6.27. The molecule has 26 heavy (non-hydrogen) atoms. The van der Waals surface area contributed by atoms with Gasteiger partial charge in [0, 0.05) is 18.3 Å². The van der Waals surface area contributed by atoms with Gasteiger partial charge in [0.25, 0.3) is 0 Å². The molecule has 0 amide bonds. The molecule has 0 radical (unpaired) electrons. The number of nitrogens with zero attached hydrogens (tertiary/aromatic N) is 2. The van der Waals surface area contributed by atoms with E-state index in [-0.39, 0.29) is 6.79 Å². The molecule has 1 aromatic heterocycles. The van der Waals surface area contributed by atoms with Gasteiger partial charge in [0.2, 0.25) is 6.79 Å². The van der Waals surface area contributed by atoms with Gasteiger partial charge in [-0.15, -0.1) is 0 Å². The molecule has 2 aromatic carbocycles. The predicted octanol–water partition coefficient (Wildman–Crippen LogP) is 4.18. The molecular formula is C20H20N4O2. The third-order valence-corrected chi connectivity index (χ3v) is 4.22. The van der Waals surface area contributed by atoms with Gasteiger partial charge in [0.15, 0.2) is 11.5 Å². The molecular weight excluding hydrogens is 328 g/mol. The number of aryl methyl sites for hydroxylation is 2. The predicted molar refractivity (Wildman–Crippen MR) is 101 cm³/mol. The van der Waals surface area contributed by atoms with E-state index >= 15 is 0 Å². The number of rotatable bonds is 5. The molecule has 132 valence electrons. The van der Waals surface area contributed by atoms with E-state index in [2.05, 4.69) is 52.6 Å². The van der Waals surface area contributed by atoms with Crippen LogP contribution in [0.15, 0.2) is 48.8 Å². The van der Waals surface area contributed by atoms with E-state index in [1.54, 1.807) is 6.33 Å². The number of benzene rings is 2. The summed E-state index contributed by atoms with van der Waals surface area (Å²) in [5.41, 5.74) is 4.55. The van der Waals surface area contributed by atoms with Crippen LogP contribution >= 0.6 is 0 Å². The van der Waals surface area contributed by atoms with Crippen molar-refractivity contribution in [3.63, 3.8) is 0 Å². The molecule has 1 aliphatic rings. The van der Waals surface area contributed by atoms with E-state index in [0.29, 0.717) is 6.54 Å². The highest BCUT2D eigenvalue weighted by Gasteiger charge is 2.13. The van der Waals surface area contributed by atoms with Crippen LogP contribution in [-0.2, 0) is 6.54 Å². The van der Waals surface area contributed by atoms with E-state index in [0.717, 1.165) is 34.4 Å². The van der Waals surface area contributed by atoms with Crippen LogP contribution < -0.4 is 20.1 Å². The average molecular weight is 348 g/mol. The number of hydrogen-bond donors (Lipinski definition) is 2. The Morgan fingerprint density at radius 3 is 2.65 bits per heavy atom. The lowest BCUT2D eigenvalue weighted by Gasteiger charge is -2.11. The van der Waals surface area contributed by atoms with Crippen molar-refractivity contribution in [3.8, 4) is 11.5 Å². The van der Waals surface area contributed by atoms with Crippen LogP contribution in [0.4, 0.5) is 17.3 Å². The van der Waals surface area contributed by atoms with E-state index in [4.69, 9.17) is 9.47 Å². The van der Waals surface area contributed by atoms with Gasteiger partial charge in [-0.25, -0.2) is 9.97 Å². The molecule has 0 unspecified atom stereocenters. The Balaban J connectivity index is 1.44. The largest absolute Gasteiger partial charge is 0.454 e. The topological polar surface area (TPSA) is 68.3 Å². The molecule has 4 rings (SSSR count). The lowest BCUT2D eigenvalue weighted by Crippen LogP contribution is -2.03. The highest BCUT2D eigenvalue weighted by atomic mass is 16.7. The first-order chi connectivity index (χ1) is 12.7. The Morgan fingerprint density at radius 2 is 1.77 bits per heavy atom. The van der Waals surface area contributed by atoms with Gasteiger partial charge < -0.3 is 20.1 Å². The number of hydrogen-bond acceptors (Lipinski definition) is 6. The van der Waals surface area contributed by atoms with E-state index in [1.165, 1.54) is 11.1 Å². The first-order valence-electron chi connectivity index (χ1n) is 8.46. The zero-order valence-electron chi connectivity index (χ0n) is 14.7. The second-order valence-corrected chi connectivity index (χ2v) is 6.27. The maximum atomic E-state index is 5.41.